The first-order valence-electron chi connectivity index (χ1n) is 32.8. The zero-order valence-corrected chi connectivity index (χ0v) is 55.6. The minimum Gasteiger partial charge on any atom is -0.506 e. The Morgan fingerprint density at radius 2 is 1.00 bits per heavy atom. The summed E-state index contributed by atoms with van der Waals surface area (Å²) in [6.07, 6.45) is 33.9. The van der Waals surface area contributed by atoms with Gasteiger partial charge in [-0.2, -0.15) is 9.42 Å². The number of phenols is 2. The number of fused-ring (bicyclic) bond motifs is 2. The first-order valence-corrected chi connectivity index (χ1v) is 37.6. The lowest BCUT2D eigenvalue weighted by atomic mass is 10.0. The van der Waals surface area contributed by atoms with E-state index in [-0.39, 0.29) is 86.4 Å². The Labute approximate surface area is 535 Å². The van der Waals surface area contributed by atoms with E-state index in [1.54, 1.807) is 42.5 Å². The second-order valence-electron chi connectivity index (χ2n) is 23.7. The van der Waals surface area contributed by atoms with Gasteiger partial charge in [-0.25, -0.2) is 25.3 Å². The Balaban J connectivity index is 1.11. The van der Waals surface area contributed by atoms with Crippen molar-refractivity contribution in [3.8, 4) is 11.5 Å². The summed E-state index contributed by atoms with van der Waals surface area (Å²) < 4.78 is 97.0. The van der Waals surface area contributed by atoms with Crippen molar-refractivity contribution in [3.63, 3.8) is 0 Å². The van der Waals surface area contributed by atoms with Gasteiger partial charge in [-0.15, -0.1) is 5.11 Å². The number of nitrogens with zero attached hydrogens (tertiary/aromatic N) is 4. The van der Waals surface area contributed by atoms with E-state index in [2.05, 4.69) is 33.5 Å². The number of anilines is 2. The molecule has 1 amide bonds. The first-order chi connectivity index (χ1) is 43.1. The number of carbonyl (C=O) groups is 1. The Morgan fingerprint density at radius 3 is 1.54 bits per heavy atom. The molecule has 1 aliphatic rings. The summed E-state index contributed by atoms with van der Waals surface area (Å²) in [4.78, 5) is 15.7. The van der Waals surface area contributed by atoms with Crippen LogP contribution in [0.4, 0.5) is 22.7 Å². The normalized spacial score (nSPS) is 13.4. The highest BCUT2D eigenvalue weighted by Gasteiger charge is 2.32. The van der Waals surface area contributed by atoms with Crippen LogP contribution in [-0.4, -0.2) is 90.0 Å². The smallest absolute Gasteiger partial charge is 0.263 e. The van der Waals surface area contributed by atoms with Crippen LogP contribution in [0.1, 0.15) is 204 Å². The molecule has 0 aromatic heterocycles. The Morgan fingerprint density at radius 1 is 0.517 bits per heavy atom. The molecule has 0 saturated carbocycles. The second-order valence-corrected chi connectivity index (χ2v) is 29.3. The average molecular weight is 1300 g/mol. The third kappa shape index (κ3) is 20.8. The zero-order chi connectivity index (χ0) is 63.5. The van der Waals surface area contributed by atoms with Crippen LogP contribution in [0, 0.1) is 0 Å². The number of morpholine rings is 1. The number of benzene rings is 6. The minimum absolute atomic E-state index is 0.0000387. The molecule has 0 atom stereocenters. The third-order valence-electron chi connectivity index (χ3n) is 16.8. The molecule has 16 nitrogen and oxygen atoms in total. The SMILES string of the molecule is CCCCCCCCCCCCCCCCN(CCCCCCCCCCCCCCCC)C(=O)c1cc(NS(=O)(=O)c2cc(N=Nc3cc(S(=O)(=O)N4CCOCC4)c(O)c4cccc(NS(=O)(=O)c5ccccc5)c34)ccc2Cl)c2ccccc2c1O. The molecule has 0 aliphatic carbocycles. The molecule has 0 spiro atoms. The lowest BCUT2D eigenvalue weighted by Gasteiger charge is -2.26. The fraction of sp³-hybridized carbons (Fsp3) is 0.522. The van der Waals surface area contributed by atoms with Crippen LogP contribution in [0.3, 0.4) is 0 Å². The Hall–Kier alpha value is -5.83. The largest absolute Gasteiger partial charge is 0.506 e. The summed E-state index contributed by atoms with van der Waals surface area (Å²) in [5, 5.41) is 32.8. The van der Waals surface area contributed by atoms with Crippen LogP contribution in [-0.2, 0) is 34.8 Å². The Kier molecular flexibility index (Phi) is 28.8. The van der Waals surface area contributed by atoms with E-state index in [0.717, 1.165) is 57.4 Å². The first kappa shape index (κ1) is 70.6. The van der Waals surface area contributed by atoms with Crippen LogP contribution < -0.4 is 9.44 Å². The molecule has 486 valence electrons. The van der Waals surface area contributed by atoms with Crippen LogP contribution in [0.15, 0.2) is 128 Å². The molecule has 0 bridgehead atoms. The molecule has 1 aliphatic heterocycles. The monoisotopic (exact) mass is 1300 g/mol. The summed E-state index contributed by atoms with van der Waals surface area (Å²) in [5.41, 5.74) is -0.282. The van der Waals surface area contributed by atoms with Gasteiger partial charge in [0.1, 0.15) is 21.3 Å². The molecule has 1 heterocycles. The van der Waals surface area contributed by atoms with Gasteiger partial charge < -0.3 is 19.8 Å². The standard InChI is InChI=1S/C69H95ClN6O10S3/c1-3-5-7-9-11-13-15-17-19-21-23-25-27-34-45-75(46-35-28-26-24-22-20-18-16-14-12-10-8-6-4-2)69(79)59-52-62(56-39-32-33-40-57(56)67(59)77)74-88(82,83)64-51-54(43-44-60(64)70)71-72-63-53-65(89(84,85)76-47-49-86-50-48-76)68(78)58-41-36-42-61(66(58)63)73-87(80,81)55-37-30-29-31-38-55/h29-33,36-44,51-53,73-74,77-78H,3-28,34-35,45-50H2,1-2H3. The van der Waals surface area contributed by atoms with E-state index in [1.807, 2.05) is 4.90 Å². The molecular formula is C69H95ClN6O10S3. The minimum atomic E-state index is -4.62. The van der Waals surface area contributed by atoms with Crippen LogP contribution in [0.5, 0.6) is 11.5 Å². The quantitative estimate of drug-likeness (QED) is 0.0161. The van der Waals surface area contributed by atoms with Gasteiger partial charge in [-0.05, 0) is 61.4 Å². The lowest BCUT2D eigenvalue weighted by molar-refractivity contribution is 0.0729. The lowest BCUT2D eigenvalue weighted by Crippen LogP contribution is -2.40. The van der Waals surface area contributed by atoms with Crippen LogP contribution >= 0.6 is 11.6 Å². The predicted octanol–water partition coefficient (Wildman–Crippen LogP) is 18.5. The van der Waals surface area contributed by atoms with E-state index in [1.165, 1.54) is 187 Å². The molecule has 1 fully saturated rings. The Bertz CT molecular complexity index is 3550. The molecule has 0 unspecified atom stereocenters. The number of sulfonamides is 3. The van der Waals surface area contributed by atoms with E-state index < -0.39 is 51.5 Å². The third-order valence-corrected chi connectivity index (χ3v) is 21.9. The number of hydrogen-bond acceptors (Lipinski definition) is 12. The fourth-order valence-electron chi connectivity index (χ4n) is 11.7. The number of azo groups is 1. The van der Waals surface area contributed by atoms with Crippen molar-refractivity contribution in [2.75, 3.05) is 48.8 Å². The summed E-state index contributed by atoms with van der Waals surface area (Å²) in [7, 11) is -13.2. The van der Waals surface area contributed by atoms with Crippen LogP contribution in [0.25, 0.3) is 21.5 Å². The average Bonchev–Trinajstić information content (AvgIpc) is 0.965. The molecule has 20 heteroatoms. The summed E-state index contributed by atoms with van der Waals surface area (Å²) in [5.74, 6) is -1.29. The molecule has 1 saturated heterocycles. The van der Waals surface area contributed by atoms with E-state index in [9.17, 15) is 40.3 Å². The molecule has 0 radical (unpaired) electrons. The van der Waals surface area contributed by atoms with Gasteiger partial charge in [0, 0.05) is 47.7 Å². The highest BCUT2D eigenvalue weighted by molar-refractivity contribution is 7.93. The molecular weight excluding hydrogens is 1200 g/mol. The maximum Gasteiger partial charge on any atom is 0.263 e. The van der Waals surface area contributed by atoms with Crippen molar-refractivity contribution in [2.45, 2.75) is 208 Å². The van der Waals surface area contributed by atoms with Crippen molar-refractivity contribution in [2.24, 2.45) is 10.2 Å². The number of carbonyl (C=O) groups excluding carboxylic acids is 1. The topological polar surface area (TPSA) is 224 Å². The number of unbranched alkanes of at least 4 members (excludes halogenated alkanes) is 26. The second kappa shape index (κ2) is 36.3. The van der Waals surface area contributed by atoms with E-state index >= 15 is 0 Å². The molecule has 89 heavy (non-hydrogen) atoms. The van der Waals surface area contributed by atoms with Gasteiger partial charge in [0.05, 0.1) is 51.4 Å². The number of ether oxygens (including phenoxy) is 1. The van der Waals surface area contributed by atoms with Crippen molar-refractivity contribution < 1.29 is 45.0 Å². The van der Waals surface area contributed by atoms with Crippen molar-refractivity contribution in [1.82, 2.24) is 9.21 Å². The fourth-order valence-corrected chi connectivity index (χ4v) is 15.9. The van der Waals surface area contributed by atoms with Gasteiger partial charge >= 0.3 is 0 Å². The highest BCUT2D eigenvalue weighted by Crippen LogP contribution is 2.45. The zero-order valence-electron chi connectivity index (χ0n) is 52.4. The van der Waals surface area contributed by atoms with Crippen molar-refractivity contribution in [1.29, 1.82) is 0 Å². The number of phenolic OH excluding ortho intramolecular Hbond substituents is 2. The number of hydrogen-bond donors (Lipinski definition) is 4. The van der Waals surface area contributed by atoms with E-state index in [4.69, 9.17) is 16.3 Å². The highest BCUT2D eigenvalue weighted by atomic mass is 35.5. The van der Waals surface area contributed by atoms with Crippen molar-refractivity contribution >= 4 is 91.9 Å². The van der Waals surface area contributed by atoms with Gasteiger partial charge in [0.2, 0.25) is 10.0 Å². The number of amides is 1. The summed E-state index contributed by atoms with van der Waals surface area (Å²) >= 11 is 6.70. The number of halogens is 1. The van der Waals surface area contributed by atoms with Gasteiger partial charge in [0.15, 0.2) is 0 Å². The number of aromatic hydroxyl groups is 2. The van der Waals surface area contributed by atoms with Crippen molar-refractivity contribution in [3.05, 3.63) is 114 Å². The summed E-state index contributed by atoms with van der Waals surface area (Å²) in [6.45, 7) is 5.77. The van der Waals surface area contributed by atoms with Gasteiger partial charge in [-0.1, -0.05) is 247 Å². The molecule has 7 rings (SSSR count). The molecule has 6 aromatic carbocycles. The summed E-state index contributed by atoms with van der Waals surface area (Å²) in [6, 6.07) is 25.0. The number of nitrogens with one attached hydrogen (secondary N) is 2. The van der Waals surface area contributed by atoms with Gasteiger partial charge in [0.25, 0.3) is 26.0 Å². The molecule has 6 aromatic rings. The maximum absolute atomic E-state index is 14.9. The van der Waals surface area contributed by atoms with E-state index in [0.29, 0.717) is 18.5 Å². The number of rotatable bonds is 41. The predicted molar refractivity (Wildman–Crippen MR) is 361 cm³/mol. The van der Waals surface area contributed by atoms with Gasteiger partial charge in [-0.3, -0.25) is 14.2 Å². The van der Waals surface area contributed by atoms with Crippen LogP contribution in [0.2, 0.25) is 5.02 Å². The maximum atomic E-state index is 14.9. The molecule has 4 N–H and O–H groups in total.